The third-order valence-corrected chi connectivity index (χ3v) is 5.89. The average Bonchev–Trinajstić information content (AvgIpc) is 3.33. The van der Waals surface area contributed by atoms with Crippen LogP contribution in [0.4, 0.5) is 5.82 Å². The Kier molecular flexibility index (Phi) is 9.19. The van der Waals surface area contributed by atoms with Gasteiger partial charge in [-0.3, -0.25) is 9.36 Å². The molecule has 32 heavy (non-hydrogen) atoms. The van der Waals surface area contributed by atoms with Crippen molar-refractivity contribution < 1.29 is 24.5 Å². The number of carbonyl (C=O) groups excluding carboxylic acids is 1. The van der Waals surface area contributed by atoms with Crippen LogP contribution in [-0.4, -0.2) is 60.6 Å². The van der Waals surface area contributed by atoms with Crippen molar-refractivity contribution in [3.63, 3.8) is 0 Å². The molecule has 10 nitrogen and oxygen atoms in total. The standard InChI is InChI=1S/C22H35N5O5/c1-2-3-4-5-6-7-8-9-10-11-16(28)31-12-15-18(29)19(30)22(32-15)27-14-26-17-20(23)24-13-25-21(17)27/h13-15,18-19,22,29-30H,2-12H2,1H3,(H2,23,24,25)/t15-,18?,19?,22-/m1/s1. The second kappa shape index (κ2) is 12.1. The number of aliphatic hydroxyl groups excluding tert-OH is 2. The molecule has 3 rings (SSSR count). The largest absolute Gasteiger partial charge is 0.463 e. The van der Waals surface area contributed by atoms with Crippen molar-refractivity contribution in [2.45, 2.75) is 95.7 Å². The van der Waals surface area contributed by atoms with Gasteiger partial charge in [-0.15, -0.1) is 0 Å². The number of hydrogen-bond acceptors (Lipinski definition) is 9. The normalized spacial score (nSPS) is 23.1. The monoisotopic (exact) mass is 449 g/mol. The number of nitrogens with two attached hydrogens (primary N) is 1. The smallest absolute Gasteiger partial charge is 0.305 e. The van der Waals surface area contributed by atoms with E-state index in [4.69, 9.17) is 15.2 Å². The number of ether oxygens (including phenoxy) is 2. The number of nitrogens with zero attached hydrogens (tertiary/aromatic N) is 4. The van der Waals surface area contributed by atoms with Crippen molar-refractivity contribution in [2.75, 3.05) is 12.3 Å². The van der Waals surface area contributed by atoms with E-state index in [9.17, 15) is 15.0 Å². The summed E-state index contributed by atoms with van der Waals surface area (Å²) in [6.07, 6.45) is 9.40. The number of hydrogen-bond donors (Lipinski definition) is 3. The molecule has 178 valence electrons. The number of unbranched alkanes of at least 4 members (excludes halogenated alkanes) is 8. The maximum atomic E-state index is 12.0. The van der Waals surface area contributed by atoms with Crippen LogP contribution in [-0.2, 0) is 14.3 Å². The summed E-state index contributed by atoms with van der Waals surface area (Å²) in [7, 11) is 0. The van der Waals surface area contributed by atoms with E-state index in [0.29, 0.717) is 17.6 Å². The molecular weight excluding hydrogens is 414 g/mol. The van der Waals surface area contributed by atoms with Crippen LogP contribution in [0.5, 0.6) is 0 Å². The highest BCUT2D eigenvalue weighted by molar-refractivity contribution is 5.81. The van der Waals surface area contributed by atoms with Crippen molar-refractivity contribution >= 4 is 23.0 Å². The van der Waals surface area contributed by atoms with Crippen LogP contribution in [0, 0.1) is 0 Å². The SMILES string of the molecule is CCCCCCCCCCCC(=O)OC[C@H]1O[C@@H](n2cnc3c(N)ncnc32)C(O)C1O. The molecule has 2 aromatic heterocycles. The minimum atomic E-state index is -1.23. The Balaban J connectivity index is 1.38. The summed E-state index contributed by atoms with van der Waals surface area (Å²) in [6.45, 7) is 2.08. The Labute approximate surface area is 188 Å². The maximum Gasteiger partial charge on any atom is 0.305 e. The first-order chi connectivity index (χ1) is 15.5. The Hall–Kier alpha value is -2.30. The van der Waals surface area contributed by atoms with E-state index in [1.165, 1.54) is 55.7 Å². The summed E-state index contributed by atoms with van der Waals surface area (Å²) in [6, 6.07) is 0. The number of imidazole rings is 1. The third kappa shape index (κ3) is 6.14. The summed E-state index contributed by atoms with van der Waals surface area (Å²) in [4.78, 5) is 24.2. The van der Waals surface area contributed by atoms with Gasteiger partial charge in [0.05, 0.1) is 6.33 Å². The van der Waals surface area contributed by atoms with Crippen molar-refractivity contribution in [3.8, 4) is 0 Å². The van der Waals surface area contributed by atoms with Crippen LogP contribution in [0.2, 0.25) is 0 Å². The van der Waals surface area contributed by atoms with Gasteiger partial charge in [0.25, 0.3) is 0 Å². The van der Waals surface area contributed by atoms with Gasteiger partial charge in [-0.25, -0.2) is 15.0 Å². The molecule has 1 aliphatic rings. The van der Waals surface area contributed by atoms with Gasteiger partial charge in [-0.2, -0.15) is 0 Å². The summed E-state index contributed by atoms with van der Waals surface area (Å²) >= 11 is 0. The highest BCUT2D eigenvalue weighted by Crippen LogP contribution is 2.32. The van der Waals surface area contributed by atoms with Crippen LogP contribution in [0.15, 0.2) is 12.7 Å². The van der Waals surface area contributed by atoms with Crippen LogP contribution >= 0.6 is 0 Å². The van der Waals surface area contributed by atoms with Crippen LogP contribution < -0.4 is 5.73 Å². The van der Waals surface area contributed by atoms with Gasteiger partial charge >= 0.3 is 5.97 Å². The topological polar surface area (TPSA) is 146 Å². The Morgan fingerprint density at radius 3 is 2.47 bits per heavy atom. The van der Waals surface area contributed by atoms with E-state index in [1.807, 2.05) is 0 Å². The lowest BCUT2D eigenvalue weighted by molar-refractivity contribution is -0.150. The molecule has 0 saturated carbocycles. The number of esters is 1. The lowest BCUT2D eigenvalue weighted by atomic mass is 10.1. The number of fused-ring (bicyclic) bond motifs is 1. The molecule has 4 N–H and O–H groups in total. The molecular formula is C22H35N5O5. The molecule has 1 saturated heterocycles. The molecule has 0 radical (unpaired) electrons. The quantitative estimate of drug-likeness (QED) is 0.310. The minimum absolute atomic E-state index is 0.130. The van der Waals surface area contributed by atoms with E-state index in [2.05, 4.69) is 21.9 Å². The fraction of sp³-hybridized carbons (Fsp3) is 0.727. The average molecular weight is 450 g/mol. The number of aromatic nitrogens is 4. The molecule has 0 aromatic carbocycles. The van der Waals surface area contributed by atoms with Crippen molar-refractivity contribution in [1.82, 2.24) is 19.5 Å². The Morgan fingerprint density at radius 1 is 1.06 bits per heavy atom. The molecule has 3 heterocycles. The first-order valence-electron chi connectivity index (χ1n) is 11.6. The number of aliphatic hydroxyl groups is 2. The zero-order valence-electron chi connectivity index (χ0n) is 18.7. The van der Waals surface area contributed by atoms with E-state index < -0.39 is 24.5 Å². The summed E-state index contributed by atoms with van der Waals surface area (Å²) in [5.74, 6) is -0.112. The molecule has 1 fully saturated rings. The van der Waals surface area contributed by atoms with Crippen molar-refractivity contribution in [2.24, 2.45) is 0 Å². The highest BCUT2D eigenvalue weighted by Gasteiger charge is 2.44. The second-order valence-corrected chi connectivity index (χ2v) is 8.39. The maximum absolute atomic E-state index is 12.0. The van der Waals surface area contributed by atoms with Crippen molar-refractivity contribution in [3.05, 3.63) is 12.7 Å². The lowest BCUT2D eigenvalue weighted by Crippen LogP contribution is -2.34. The number of rotatable bonds is 13. The zero-order chi connectivity index (χ0) is 22.9. The van der Waals surface area contributed by atoms with Gasteiger partial charge in [-0.05, 0) is 6.42 Å². The van der Waals surface area contributed by atoms with Crippen molar-refractivity contribution in [1.29, 1.82) is 0 Å². The molecule has 2 unspecified atom stereocenters. The summed E-state index contributed by atoms with van der Waals surface area (Å²) in [5.41, 5.74) is 6.56. The number of nitrogen functional groups attached to an aromatic ring is 1. The molecule has 0 aliphatic carbocycles. The van der Waals surface area contributed by atoms with Gasteiger partial charge < -0.3 is 25.4 Å². The predicted octanol–water partition coefficient (Wildman–Crippen LogP) is 2.49. The Morgan fingerprint density at radius 2 is 1.75 bits per heavy atom. The molecule has 0 amide bonds. The summed E-state index contributed by atoms with van der Waals surface area (Å²) < 4.78 is 12.5. The molecule has 0 spiro atoms. The van der Waals surface area contributed by atoms with Gasteiger partial charge in [0, 0.05) is 6.42 Å². The van der Waals surface area contributed by atoms with Crippen LogP contribution in [0.3, 0.4) is 0 Å². The van der Waals surface area contributed by atoms with Gasteiger partial charge in [0.1, 0.15) is 36.8 Å². The zero-order valence-corrected chi connectivity index (χ0v) is 18.7. The third-order valence-electron chi connectivity index (χ3n) is 5.89. The van der Waals surface area contributed by atoms with Gasteiger partial charge in [0.15, 0.2) is 17.7 Å². The number of anilines is 1. The molecule has 4 atom stereocenters. The number of carbonyl (C=O) groups is 1. The fourth-order valence-electron chi connectivity index (χ4n) is 3.98. The van der Waals surface area contributed by atoms with E-state index in [1.54, 1.807) is 0 Å². The highest BCUT2D eigenvalue weighted by atomic mass is 16.6. The summed E-state index contributed by atoms with van der Waals surface area (Å²) in [5, 5.41) is 20.8. The van der Waals surface area contributed by atoms with Crippen LogP contribution in [0.25, 0.3) is 11.2 Å². The predicted molar refractivity (Wildman–Crippen MR) is 118 cm³/mol. The fourth-order valence-corrected chi connectivity index (χ4v) is 3.98. The Bertz CT molecular complexity index is 860. The molecule has 2 aromatic rings. The first kappa shape index (κ1) is 24.3. The first-order valence-corrected chi connectivity index (χ1v) is 11.6. The van der Waals surface area contributed by atoms with E-state index >= 15 is 0 Å². The van der Waals surface area contributed by atoms with Gasteiger partial charge in [0.2, 0.25) is 0 Å². The second-order valence-electron chi connectivity index (χ2n) is 8.39. The lowest BCUT2D eigenvalue weighted by Gasteiger charge is -2.16. The molecule has 1 aliphatic heterocycles. The van der Waals surface area contributed by atoms with E-state index in [-0.39, 0.29) is 18.4 Å². The minimum Gasteiger partial charge on any atom is -0.463 e. The van der Waals surface area contributed by atoms with E-state index in [0.717, 1.165) is 19.3 Å². The van der Waals surface area contributed by atoms with Gasteiger partial charge in [-0.1, -0.05) is 58.3 Å². The van der Waals surface area contributed by atoms with Crippen LogP contribution in [0.1, 0.15) is 77.4 Å². The molecule has 10 heteroatoms. The molecule has 0 bridgehead atoms.